The summed E-state index contributed by atoms with van der Waals surface area (Å²) in [6, 6.07) is -0.394. The van der Waals surface area contributed by atoms with Crippen LogP contribution in [0.2, 0.25) is 5.15 Å². The number of hydrogen-bond donors (Lipinski definition) is 0. The van der Waals surface area contributed by atoms with Gasteiger partial charge in [-0.2, -0.15) is 9.97 Å². The van der Waals surface area contributed by atoms with Gasteiger partial charge in [0.15, 0.2) is 11.0 Å². The van der Waals surface area contributed by atoms with E-state index in [0.29, 0.717) is 50.3 Å². The Morgan fingerprint density at radius 1 is 1.26 bits per heavy atom. The molecule has 7 rings (SSSR count). The van der Waals surface area contributed by atoms with Crippen molar-refractivity contribution >= 4 is 28.3 Å². The number of hydrogen-bond acceptors (Lipinski definition) is 7. The predicted molar refractivity (Wildman–Crippen MR) is 123 cm³/mol. The molecule has 2 aromatic rings. The highest BCUT2D eigenvalue weighted by Crippen LogP contribution is 2.66. The topological polar surface area (TPSA) is 63.6 Å². The molecule has 0 radical (unpaired) electrons. The predicted octanol–water partition coefficient (Wildman–Crippen LogP) is 3.85. The van der Waals surface area contributed by atoms with Crippen molar-refractivity contribution in [1.29, 1.82) is 0 Å². The highest BCUT2D eigenvalue weighted by Gasteiger charge is 2.67. The van der Waals surface area contributed by atoms with Crippen LogP contribution in [0.5, 0.6) is 6.01 Å². The number of rotatable bonds is 4. The standard InChI is InChI=1S/C24H25ClF3N5O2/c25-20-17(28)18-14(9-29-20)21(33-5-6-34-11-15-16(27)19(15)33)31-22(30-18)35-12-24-7-13(8-26)10-32(24)4-3-23(24)1-2-23/h8-9,15-16,19H,1-7,10-12H2/b13-8+/t15-,16-,19-,24-/m0/s1. The third-order valence-corrected chi connectivity index (χ3v) is 9.13. The molecule has 3 saturated heterocycles. The number of alkyl halides is 1. The second-order valence-electron chi connectivity index (χ2n) is 10.5. The highest BCUT2D eigenvalue weighted by atomic mass is 35.5. The number of ether oxygens (including phenoxy) is 2. The van der Waals surface area contributed by atoms with Crippen LogP contribution in [-0.2, 0) is 4.74 Å². The lowest BCUT2D eigenvalue weighted by atomic mass is 9.80. The molecule has 186 valence electrons. The fraction of sp³-hybridized carbons (Fsp3) is 0.625. The molecule has 5 aliphatic rings. The largest absolute Gasteiger partial charge is 0.461 e. The van der Waals surface area contributed by atoms with Crippen LogP contribution < -0.4 is 9.64 Å². The first-order valence-corrected chi connectivity index (χ1v) is 12.5. The van der Waals surface area contributed by atoms with Crippen LogP contribution in [0.4, 0.5) is 19.0 Å². The van der Waals surface area contributed by atoms with Crippen molar-refractivity contribution in [1.82, 2.24) is 19.9 Å². The Kier molecular flexibility index (Phi) is 4.83. The summed E-state index contributed by atoms with van der Waals surface area (Å²) in [5, 5.41) is 0.0489. The molecule has 0 aromatic carbocycles. The van der Waals surface area contributed by atoms with Gasteiger partial charge in [-0.1, -0.05) is 11.6 Å². The van der Waals surface area contributed by atoms with E-state index >= 15 is 4.39 Å². The fourth-order valence-electron chi connectivity index (χ4n) is 6.73. The summed E-state index contributed by atoms with van der Waals surface area (Å²) in [6.45, 7) is 2.92. The van der Waals surface area contributed by atoms with Gasteiger partial charge in [-0.05, 0) is 43.2 Å². The van der Waals surface area contributed by atoms with Gasteiger partial charge >= 0.3 is 6.01 Å². The molecule has 0 N–H and O–H groups in total. The zero-order valence-electron chi connectivity index (χ0n) is 19.0. The Bertz CT molecular complexity index is 1240. The lowest BCUT2D eigenvalue weighted by Crippen LogP contribution is -2.49. The Morgan fingerprint density at radius 3 is 2.91 bits per heavy atom. The van der Waals surface area contributed by atoms with Gasteiger partial charge < -0.3 is 14.4 Å². The quantitative estimate of drug-likeness (QED) is 0.582. The van der Waals surface area contributed by atoms with Crippen molar-refractivity contribution in [2.24, 2.45) is 11.3 Å². The molecule has 7 nitrogen and oxygen atoms in total. The smallest absolute Gasteiger partial charge is 0.319 e. The lowest BCUT2D eigenvalue weighted by molar-refractivity contribution is 0.0649. The van der Waals surface area contributed by atoms with Gasteiger partial charge in [-0.3, -0.25) is 4.90 Å². The molecule has 2 saturated carbocycles. The number of nitrogens with zero attached hydrogens (tertiary/aromatic N) is 5. The number of anilines is 1. The third-order valence-electron chi connectivity index (χ3n) is 8.87. The van der Waals surface area contributed by atoms with Crippen molar-refractivity contribution in [3.05, 3.63) is 29.1 Å². The Labute approximate surface area is 205 Å². The summed E-state index contributed by atoms with van der Waals surface area (Å²) in [6.07, 6.45) is 4.92. The average Bonchev–Trinajstić information content (AvgIpc) is 3.73. The van der Waals surface area contributed by atoms with E-state index < -0.39 is 18.0 Å². The summed E-state index contributed by atoms with van der Waals surface area (Å²) in [7, 11) is 0. The zero-order valence-corrected chi connectivity index (χ0v) is 19.8. The van der Waals surface area contributed by atoms with Crippen LogP contribution in [0.1, 0.15) is 25.7 Å². The second kappa shape index (κ2) is 7.66. The minimum atomic E-state index is -1.04. The molecule has 4 atom stereocenters. The van der Waals surface area contributed by atoms with Gasteiger partial charge in [0.1, 0.15) is 24.1 Å². The van der Waals surface area contributed by atoms with Gasteiger partial charge in [0.25, 0.3) is 0 Å². The summed E-state index contributed by atoms with van der Waals surface area (Å²) < 4.78 is 54.9. The minimum absolute atomic E-state index is 0.00106. The first-order valence-electron chi connectivity index (χ1n) is 12.1. The van der Waals surface area contributed by atoms with E-state index in [1.54, 1.807) is 0 Å². The van der Waals surface area contributed by atoms with Crippen molar-refractivity contribution in [2.75, 3.05) is 44.4 Å². The Hall–Kier alpha value is -2.17. The van der Waals surface area contributed by atoms with E-state index in [9.17, 15) is 8.78 Å². The molecule has 2 aromatic heterocycles. The number of halogens is 4. The monoisotopic (exact) mass is 507 g/mol. The molecule has 3 aliphatic heterocycles. The van der Waals surface area contributed by atoms with Crippen LogP contribution >= 0.6 is 11.6 Å². The Morgan fingerprint density at radius 2 is 2.11 bits per heavy atom. The summed E-state index contributed by atoms with van der Waals surface area (Å²) in [4.78, 5) is 17.1. The number of aromatic nitrogens is 3. The van der Waals surface area contributed by atoms with Crippen LogP contribution in [0.15, 0.2) is 18.1 Å². The SMILES string of the molecule is F/C=C1/CN2CCC3(CC3)[C@@]2(COc2nc(N3CCOC[C@H]4[C@H](F)[C@H]43)c3cnc(Cl)c(F)c3n2)C1. The minimum Gasteiger partial charge on any atom is -0.461 e. The lowest BCUT2D eigenvalue weighted by Gasteiger charge is -2.36. The van der Waals surface area contributed by atoms with E-state index in [1.807, 2.05) is 4.90 Å². The van der Waals surface area contributed by atoms with Crippen LogP contribution in [0, 0.1) is 17.2 Å². The van der Waals surface area contributed by atoms with Gasteiger partial charge in [0.2, 0.25) is 0 Å². The molecular formula is C24H25ClF3N5O2. The molecule has 0 unspecified atom stereocenters. The maximum Gasteiger partial charge on any atom is 0.319 e. The maximum atomic E-state index is 15.1. The molecule has 5 heterocycles. The number of fused-ring (bicyclic) bond motifs is 4. The molecular weight excluding hydrogens is 483 g/mol. The number of pyridine rings is 1. The maximum absolute atomic E-state index is 15.1. The van der Waals surface area contributed by atoms with Crippen molar-refractivity contribution in [2.45, 2.75) is 43.4 Å². The van der Waals surface area contributed by atoms with Crippen LogP contribution in [0.25, 0.3) is 10.9 Å². The summed E-state index contributed by atoms with van der Waals surface area (Å²) >= 11 is 5.97. The molecule has 2 aliphatic carbocycles. The van der Waals surface area contributed by atoms with E-state index in [0.717, 1.165) is 31.4 Å². The van der Waals surface area contributed by atoms with E-state index in [2.05, 4.69) is 19.9 Å². The fourth-order valence-corrected chi connectivity index (χ4v) is 6.86. The average molecular weight is 508 g/mol. The van der Waals surface area contributed by atoms with E-state index in [1.165, 1.54) is 6.20 Å². The molecule has 0 amide bonds. The molecule has 1 spiro atoms. The second-order valence-corrected chi connectivity index (χ2v) is 10.9. The molecule has 5 fully saturated rings. The van der Waals surface area contributed by atoms with Crippen LogP contribution in [0.3, 0.4) is 0 Å². The van der Waals surface area contributed by atoms with Crippen molar-refractivity contribution < 1.29 is 22.6 Å². The first-order chi connectivity index (χ1) is 17.0. The molecule has 11 heteroatoms. The molecule has 0 bridgehead atoms. The summed E-state index contributed by atoms with van der Waals surface area (Å²) in [5.41, 5.74) is 0.544. The van der Waals surface area contributed by atoms with Crippen molar-refractivity contribution in [3.63, 3.8) is 0 Å². The van der Waals surface area contributed by atoms with Gasteiger partial charge in [0.05, 0.1) is 36.5 Å². The summed E-state index contributed by atoms with van der Waals surface area (Å²) in [5.74, 6) is -0.649. The van der Waals surface area contributed by atoms with Crippen LogP contribution in [-0.4, -0.2) is 77.1 Å². The normalized spacial score (nSPS) is 34.3. The van der Waals surface area contributed by atoms with Crippen molar-refractivity contribution in [3.8, 4) is 6.01 Å². The first kappa shape index (κ1) is 22.1. The van der Waals surface area contributed by atoms with Gasteiger partial charge in [-0.25, -0.2) is 18.2 Å². The van der Waals surface area contributed by atoms with E-state index in [4.69, 9.17) is 21.1 Å². The van der Waals surface area contributed by atoms with Gasteiger partial charge in [0, 0.05) is 25.2 Å². The Balaban J connectivity index is 1.28. The van der Waals surface area contributed by atoms with Gasteiger partial charge in [-0.15, -0.1) is 0 Å². The highest BCUT2D eigenvalue weighted by molar-refractivity contribution is 6.30. The van der Waals surface area contributed by atoms with E-state index in [-0.39, 0.29) is 40.2 Å². The molecule has 35 heavy (non-hydrogen) atoms. The third kappa shape index (κ3) is 3.15. The zero-order chi connectivity index (χ0) is 23.9.